The molecular weight excluding hydrogens is 276 g/mol. The third-order valence-electron chi connectivity index (χ3n) is 3.88. The first-order valence-corrected chi connectivity index (χ1v) is 8.09. The summed E-state index contributed by atoms with van der Waals surface area (Å²) in [5.74, 6) is -0.343. The molecule has 1 unspecified atom stereocenters. The van der Waals surface area contributed by atoms with Crippen molar-refractivity contribution >= 4 is 15.9 Å². The molecule has 6 heteroatoms. The van der Waals surface area contributed by atoms with Crippen LogP contribution in [0.3, 0.4) is 0 Å². The molecule has 1 aliphatic heterocycles. The van der Waals surface area contributed by atoms with Crippen molar-refractivity contribution in [3.05, 3.63) is 29.3 Å². The van der Waals surface area contributed by atoms with Gasteiger partial charge in [0.2, 0.25) is 15.9 Å². The smallest absolute Gasteiger partial charge is 0.243 e. The summed E-state index contributed by atoms with van der Waals surface area (Å²) in [6.07, 6.45) is 0.573. The van der Waals surface area contributed by atoms with E-state index in [4.69, 9.17) is 0 Å². The van der Waals surface area contributed by atoms with E-state index in [0.717, 1.165) is 11.1 Å². The van der Waals surface area contributed by atoms with Gasteiger partial charge >= 0.3 is 0 Å². The molecule has 0 spiro atoms. The average Bonchev–Trinajstić information content (AvgIpc) is 2.91. The van der Waals surface area contributed by atoms with Gasteiger partial charge in [-0.2, -0.15) is 4.31 Å². The maximum atomic E-state index is 12.5. The summed E-state index contributed by atoms with van der Waals surface area (Å²) in [7, 11) is -1.93. The molecule has 0 saturated carbocycles. The molecule has 0 aromatic heterocycles. The van der Waals surface area contributed by atoms with E-state index >= 15 is 0 Å². The van der Waals surface area contributed by atoms with Crippen molar-refractivity contribution in [3.63, 3.8) is 0 Å². The third kappa shape index (κ3) is 2.71. The van der Waals surface area contributed by atoms with Crippen LogP contribution in [0.4, 0.5) is 0 Å². The SMILES string of the molecule is CNC(=O)C1CCN(S(=O)(=O)c2ccc(C)c(C)c2)C1. The quantitative estimate of drug-likeness (QED) is 0.907. The number of amides is 1. The first-order valence-electron chi connectivity index (χ1n) is 6.65. The van der Waals surface area contributed by atoms with Crippen LogP contribution < -0.4 is 5.32 Å². The molecule has 0 bridgehead atoms. The maximum Gasteiger partial charge on any atom is 0.243 e. The van der Waals surface area contributed by atoms with Crippen LogP contribution in [0.25, 0.3) is 0 Å². The molecule has 1 aromatic carbocycles. The molecular formula is C14H20N2O3S. The Bertz CT molecular complexity index is 625. The van der Waals surface area contributed by atoms with Crippen LogP contribution in [-0.4, -0.2) is 38.8 Å². The number of sulfonamides is 1. The van der Waals surface area contributed by atoms with Crippen LogP contribution in [0, 0.1) is 19.8 Å². The monoisotopic (exact) mass is 296 g/mol. The van der Waals surface area contributed by atoms with Crippen molar-refractivity contribution in [2.75, 3.05) is 20.1 Å². The molecule has 5 nitrogen and oxygen atoms in total. The molecule has 110 valence electrons. The average molecular weight is 296 g/mol. The van der Waals surface area contributed by atoms with Crippen LogP contribution in [0.15, 0.2) is 23.1 Å². The van der Waals surface area contributed by atoms with Crippen molar-refractivity contribution < 1.29 is 13.2 Å². The predicted molar refractivity (Wildman–Crippen MR) is 76.8 cm³/mol. The minimum atomic E-state index is -3.50. The fraction of sp³-hybridized carbons (Fsp3) is 0.500. The minimum absolute atomic E-state index is 0.0946. The van der Waals surface area contributed by atoms with Gasteiger partial charge in [0.1, 0.15) is 0 Å². The third-order valence-corrected chi connectivity index (χ3v) is 5.75. The Hall–Kier alpha value is -1.40. The van der Waals surface area contributed by atoms with E-state index in [1.807, 2.05) is 19.9 Å². The fourth-order valence-corrected chi connectivity index (χ4v) is 3.97. The first-order chi connectivity index (χ1) is 9.36. The minimum Gasteiger partial charge on any atom is -0.359 e. The second-order valence-corrected chi connectivity index (χ2v) is 7.15. The van der Waals surface area contributed by atoms with Gasteiger partial charge in [-0.05, 0) is 43.5 Å². The van der Waals surface area contributed by atoms with Crippen molar-refractivity contribution in [1.29, 1.82) is 0 Å². The molecule has 1 aromatic rings. The number of carbonyl (C=O) groups is 1. The summed E-state index contributed by atoms with van der Waals surface area (Å²) in [4.78, 5) is 11.9. The molecule has 2 rings (SSSR count). The Morgan fingerprint density at radius 3 is 2.60 bits per heavy atom. The molecule has 1 saturated heterocycles. The van der Waals surface area contributed by atoms with Gasteiger partial charge < -0.3 is 5.32 Å². The molecule has 1 N–H and O–H groups in total. The van der Waals surface area contributed by atoms with Gasteiger partial charge in [0, 0.05) is 20.1 Å². The van der Waals surface area contributed by atoms with Crippen LogP contribution >= 0.6 is 0 Å². The molecule has 1 fully saturated rings. The molecule has 1 atom stereocenters. The Balaban J connectivity index is 2.23. The van der Waals surface area contributed by atoms with E-state index < -0.39 is 10.0 Å². The lowest BCUT2D eigenvalue weighted by Crippen LogP contribution is -2.33. The van der Waals surface area contributed by atoms with E-state index in [1.165, 1.54) is 4.31 Å². The second-order valence-electron chi connectivity index (χ2n) is 5.21. The number of hydrogen-bond acceptors (Lipinski definition) is 3. The lowest BCUT2D eigenvalue weighted by atomic mass is 10.1. The number of hydrogen-bond donors (Lipinski definition) is 1. The molecule has 0 radical (unpaired) electrons. The zero-order chi connectivity index (χ0) is 14.9. The number of benzene rings is 1. The van der Waals surface area contributed by atoms with Gasteiger partial charge in [-0.1, -0.05) is 6.07 Å². The molecule has 1 heterocycles. The highest BCUT2D eigenvalue weighted by atomic mass is 32.2. The summed E-state index contributed by atoms with van der Waals surface area (Å²) in [6.45, 7) is 4.50. The summed E-state index contributed by atoms with van der Waals surface area (Å²) >= 11 is 0. The molecule has 20 heavy (non-hydrogen) atoms. The maximum absolute atomic E-state index is 12.5. The highest BCUT2D eigenvalue weighted by molar-refractivity contribution is 7.89. The highest BCUT2D eigenvalue weighted by Crippen LogP contribution is 2.25. The second kappa shape index (κ2) is 5.54. The van der Waals surface area contributed by atoms with Crippen LogP contribution in [0.1, 0.15) is 17.5 Å². The predicted octanol–water partition coefficient (Wildman–Crippen LogP) is 1.06. The zero-order valence-electron chi connectivity index (χ0n) is 12.0. The van der Waals surface area contributed by atoms with E-state index in [9.17, 15) is 13.2 Å². The van der Waals surface area contributed by atoms with Gasteiger partial charge in [-0.25, -0.2) is 8.42 Å². The Morgan fingerprint density at radius 2 is 2.00 bits per heavy atom. The van der Waals surface area contributed by atoms with Crippen molar-refractivity contribution in [3.8, 4) is 0 Å². The van der Waals surface area contributed by atoms with E-state index in [-0.39, 0.29) is 18.4 Å². The lowest BCUT2D eigenvalue weighted by Gasteiger charge is -2.17. The highest BCUT2D eigenvalue weighted by Gasteiger charge is 2.35. The van der Waals surface area contributed by atoms with Gasteiger partial charge in [0.05, 0.1) is 10.8 Å². The van der Waals surface area contributed by atoms with E-state index in [2.05, 4.69) is 5.32 Å². The van der Waals surface area contributed by atoms with Gasteiger partial charge in [-0.3, -0.25) is 4.79 Å². The summed E-state index contributed by atoms with van der Waals surface area (Å²) in [6, 6.07) is 5.14. The van der Waals surface area contributed by atoms with Crippen LogP contribution in [0.5, 0.6) is 0 Å². The largest absolute Gasteiger partial charge is 0.359 e. The number of nitrogens with zero attached hydrogens (tertiary/aromatic N) is 1. The zero-order valence-corrected chi connectivity index (χ0v) is 12.8. The van der Waals surface area contributed by atoms with Crippen molar-refractivity contribution in [2.24, 2.45) is 5.92 Å². The van der Waals surface area contributed by atoms with Crippen molar-refractivity contribution in [2.45, 2.75) is 25.2 Å². The molecule has 1 amide bonds. The normalized spacial score (nSPS) is 20.1. The van der Waals surface area contributed by atoms with Crippen LogP contribution in [-0.2, 0) is 14.8 Å². The first kappa shape index (κ1) is 15.0. The fourth-order valence-electron chi connectivity index (χ4n) is 2.39. The number of nitrogens with one attached hydrogen (secondary N) is 1. The Kier molecular flexibility index (Phi) is 4.15. The summed E-state index contributed by atoms with van der Waals surface area (Å²) in [5, 5.41) is 2.57. The number of aryl methyl sites for hydroxylation is 2. The number of carbonyl (C=O) groups excluding carboxylic acids is 1. The number of rotatable bonds is 3. The summed E-state index contributed by atoms with van der Waals surface area (Å²) < 4.78 is 26.5. The lowest BCUT2D eigenvalue weighted by molar-refractivity contribution is -0.123. The summed E-state index contributed by atoms with van der Waals surface area (Å²) in [5.41, 5.74) is 2.02. The van der Waals surface area contributed by atoms with Crippen LogP contribution in [0.2, 0.25) is 0 Å². The Labute approximate surface area is 120 Å². The molecule has 1 aliphatic rings. The topological polar surface area (TPSA) is 66.5 Å². The van der Waals surface area contributed by atoms with Gasteiger partial charge in [-0.15, -0.1) is 0 Å². The molecule has 0 aliphatic carbocycles. The van der Waals surface area contributed by atoms with Gasteiger partial charge in [0.25, 0.3) is 0 Å². The van der Waals surface area contributed by atoms with E-state index in [0.29, 0.717) is 17.9 Å². The van der Waals surface area contributed by atoms with Crippen molar-refractivity contribution in [1.82, 2.24) is 9.62 Å². The van der Waals surface area contributed by atoms with E-state index in [1.54, 1.807) is 19.2 Å². The Morgan fingerprint density at radius 1 is 1.30 bits per heavy atom. The standard InChI is InChI=1S/C14H20N2O3S/c1-10-4-5-13(8-11(10)2)20(18,19)16-7-6-12(9-16)14(17)15-3/h4-5,8,12H,6-7,9H2,1-3H3,(H,15,17). The van der Waals surface area contributed by atoms with Gasteiger partial charge in [0.15, 0.2) is 0 Å².